The molecule has 1 aliphatic heterocycles. The lowest BCUT2D eigenvalue weighted by Crippen LogP contribution is -2.32. The second-order valence-electron chi connectivity index (χ2n) is 3.53. The van der Waals surface area contributed by atoms with Gasteiger partial charge in [0.2, 0.25) is 0 Å². The predicted molar refractivity (Wildman–Crippen MR) is 66.9 cm³/mol. The number of hydrogen-bond donors (Lipinski definition) is 1. The topological polar surface area (TPSA) is 38.5 Å². The summed E-state index contributed by atoms with van der Waals surface area (Å²) in [5.74, 6) is 3.25. The summed E-state index contributed by atoms with van der Waals surface area (Å²) in [4.78, 5) is 2.36. The number of benzene rings is 1. The lowest BCUT2D eigenvalue weighted by atomic mass is 10.2. The Balaban J connectivity index is 2.25. The Hall–Kier alpha value is -1.03. The zero-order chi connectivity index (χ0) is 10.7. The number of hydrogen-bond acceptors (Lipinski definition) is 4. The molecule has 2 N–H and O–H groups in total. The Bertz CT molecular complexity index is 337. The molecular weight excluding hydrogens is 208 g/mol. The lowest BCUT2D eigenvalue weighted by Gasteiger charge is -2.29. The third-order valence-corrected chi connectivity index (χ3v) is 3.50. The van der Waals surface area contributed by atoms with Crippen LogP contribution in [-0.4, -0.2) is 31.7 Å². The number of anilines is 2. The molecule has 3 nitrogen and oxygen atoms in total. The van der Waals surface area contributed by atoms with Crippen molar-refractivity contribution < 1.29 is 4.74 Å². The van der Waals surface area contributed by atoms with Crippen molar-refractivity contribution in [3.05, 3.63) is 18.2 Å². The van der Waals surface area contributed by atoms with Gasteiger partial charge in [0, 0.05) is 36.3 Å². The van der Waals surface area contributed by atoms with E-state index in [9.17, 15) is 0 Å². The van der Waals surface area contributed by atoms with Crippen LogP contribution in [0.3, 0.4) is 0 Å². The second-order valence-corrected chi connectivity index (χ2v) is 4.76. The van der Waals surface area contributed by atoms with Gasteiger partial charge in [-0.05, 0) is 12.1 Å². The normalized spacial score (nSPS) is 16.5. The molecular formula is C11H16N2OS. The number of nitrogen functional groups attached to an aromatic ring is 1. The van der Waals surface area contributed by atoms with E-state index in [1.54, 1.807) is 7.11 Å². The van der Waals surface area contributed by atoms with Crippen molar-refractivity contribution in [3.63, 3.8) is 0 Å². The molecule has 1 fully saturated rings. The quantitative estimate of drug-likeness (QED) is 0.778. The molecule has 0 bridgehead atoms. The molecule has 2 rings (SSSR count). The summed E-state index contributed by atoms with van der Waals surface area (Å²) in [6.07, 6.45) is 0. The maximum atomic E-state index is 5.73. The molecule has 0 saturated carbocycles. The van der Waals surface area contributed by atoms with Gasteiger partial charge in [-0.2, -0.15) is 11.8 Å². The van der Waals surface area contributed by atoms with Crippen molar-refractivity contribution in [2.45, 2.75) is 0 Å². The van der Waals surface area contributed by atoms with Gasteiger partial charge in [-0.1, -0.05) is 0 Å². The predicted octanol–water partition coefficient (Wildman–Crippen LogP) is 1.83. The van der Waals surface area contributed by atoms with Gasteiger partial charge in [0.15, 0.2) is 0 Å². The first kappa shape index (κ1) is 10.5. The third-order valence-electron chi connectivity index (χ3n) is 2.56. The van der Waals surface area contributed by atoms with Crippen molar-refractivity contribution in [1.29, 1.82) is 0 Å². The first-order valence-electron chi connectivity index (χ1n) is 5.07. The van der Waals surface area contributed by atoms with Crippen LogP contribution in [0.5, 0.6) is 5.75 Å². The molecule has 1 aromatic rings. The number of nitrogens with zero attached hydrogens (tertiary/aromatic N) is 1. The highest BCUT2D eigenvalue weighted by atomic mass is 32.2. The van der Waals surface area contributed by atoms with Gasteiger partial charge in [0.1, 0.15) is 5.75 Å². The van der Waals surface area contributed by atoms with Crippen molar-refractivity contribution in [2.24, 2.45) is 0 Å². The van der Waals surface area contributed by atoms with Crippen LogP contribution in [0.4, 0.5) is 11.4 Å². The van der Waals surface area contributed by atoms with Gasteiger partial charge in [-0.3, -0.25) is 0 Å². The maximum Gasteiger partial charge on any atom is 0.144 e. The summed E-state index contributed by atoms with van der Waals surface area (Å²) in [5.41, 5.74) is 7.64. The molecule has 0 amide bonds. The number of ether oxygens (including phenoxy) is 1. The van der Waals surface area contributed by atoms with Crippen molar-refractivity contribution in [1.82, 2.24) is 0 Å². The summed E-state index contributed by atoms with van der Waals surface area (Å²) < 4.78 is 5.35. The fourth-order valence-corrected chi connectivity index (χ4v) is 2.66. The van der Waals surface area contributed by atoms with Gasteiger partial charge in [-0.25, -0.2) is 0 Å². The van der Waals surface area contributed by atoms with Crippen LogP contribution < -0.4 is 15.4 Å². The Morgan fingerprint density at radius 3 is 2.73 bits per heavy atom. The standard InChI is InChI=1S/C11H16N2OS/c1-14-11-8-9(12)2-3-10(11)13-4-6-15-7-5-13/h2-3,8H,4-7,12H2,1H3. The zero-order valence-electron chi connectivity index (χ0n) is 8.90. The number of nitrogens with two attached hydrogens (primary N) is 1. The molecule has 1 saturated heterocycles. The van der Waals surface area contributed by atoms with Crippen molar-refractivity contribution in [2.75, 3.05) is 42.3 Å². The summed E-state index contributed by atoms with van der Waals surface area (Å²) in [6, 6.07) is 5.86. The SMILES string of the molecule is COc1cc(N)ccc1N1CCSCC1. The first-order valence-corrected chi connectivity index (χ1v) is 6.23. The van der Waals surface area contributed by atoms with Gasteiger partial charge in [0.05, 0.1) is 12.8 Å². The van der Waals surface area contributed by atoms with Crippen molar-refractivity contribution >= 4 is 23.1 Å². The molecule has 15 heavy (non-hydrogen) atoms. The fourth-order valence-electron chi connectivity index (χ4n) is 1.76. The van der Waals surface area contributed by atoms with E-state index in [1.807, 2.05) is 30.0 Å². The zero-order valence-corrected chi connectivity index (χ0v) is 9.72. The van der Waals surface area contributed by atoms with E-state index < -0.39 is 0 Å². The molecule has 1 aromatic carbocycles. The highest BCUT2D eigenvalue weighted by Crippen LogP contribution is 2.31. The minimum absolute atomic E-state index is 0.752. The summed E-state index contributed by atoms with van der Waals surface area (Å²) in [6.45, 7) is 2.18. The summed E-state index contributed by atoms with van der Waals surface area (Å²) in [5, 5.41) is 0. The molecule has 1 heterocycles. The molecule has 0 unspecified atom stereocenters. The van der Waals surface area contributed by atoms with Crippen molar-refractivity contribution in [3.8, 4) is 5.75 Å². The van der Waals surface area contributed by atoms with E-state index in [2.05, 4.69) is 4.90 Å². The molecule has 0 radical (unpaired) electrons. The number of methoxy groups -OCH3 is 1. The Kier molecular flexibility index (Phi) is 3.26. The van der Waals surface area contributed by atoms with Gasteiger partial charge >= 0.3 is 0 Å². The molecule has 4 heteroatoms. The highest BCUT2D eigenvalue weighted by Gasteiger charge is 2.14. The largest absolute Gasteiger partial charge is 0.495 e. The minimum atomic E-state index is 0.752. The third kappa shape index (κ3) is 2.31. The van der Waals surface area contributed by atoms with E-state index in [4.69, 9.17) is 10.5 Å². The smallest absolute Gasteiger partial charge is 0.144 e. The van der Waals surface area contributed by atoms with Gasteiger partial charge < -0.3 is 15.4 Å². The molecule has 0 atom stereocenters. The molecule has 0 spiro atoms. The molecule has 82 valence electrons. The first-order chi connectivity index (χ1) is 7.31. The van der Waals surface area contributed by atoms with Crippen LogP contribution in [0.25, 0.3) is 0 Å². The van der Waals surface area contributed by atoms with Crippen LogP contribution in [0.15, 0.2) is 18.2 Å². The van der Waals surface area contributed by atoms with Crippen LogP contribution in [0.2, 0.25) is 0 Å². The molecule has 1 aliphatic rings. The van der Waals surface area contributed by atoms with Crippen LogP contribution in [0, 0.1) is 0 Å². The fraction of sp³-hybridized carbons (Fsp3) is 0.455. The Morgan fingerprint density at radius 2 is 2.07 bits per heavy atom. The average Bonchev–Trinajstić information content (AvgIpc) is 2.30. The van der Waals surface area contributed by atoms with Crippen LogP contribution in [-0.2, 0) is 0 Å². The van der Waals surface area contributed by atoms with E-state index in [0.29, 0.717) is 0 Å². The van der Waals surface area contributed by atoms with E-state index in [1.165, 1.54) is 11.5 Å². The van der Waals surface area contributed by atoms with E-state index in [0.717, 1.165) is 30.2 Å². The number of rotatable bonds is 2. The minimum Gasteiger partial charge on any atom is -0.495 e. The van der Waals surface area contributed by atoms with E-state index >= 15 is 0 Å². The monoisotopic (exact) mass is 224 g/mol. The van der Waals surface area contributed by atoms with E-state index in [-0.39, 0.29) is 0 Å². The summed E-state index contributed by atoms with van der Waals surface area (Å²) >= 11 is 2.00. The lowest BCUT2D eigenvalue weighted by molar-refractivity contribution is 0.415. The Labute approximate surface area is 94.6 Å². The van der Waals surface area contributed by atoms with Crippen LogP contribution >= 0.6 is 11.8 Å². The highest BCUT2D eigenvalue weighted by molar-refractivity contribution is 7.99. The van der Waals surface area contributed by atoms with Crippen LogP contribution in [0.1, 0.15) is 0 Å². The summed E-state index contributed by atoms with van der Waals surface area (Å²) in [7, 11) is 1.69. The maximum absolute atomic E-state index is 5.73. The van der Waals surface area contributed by atoms with Gasteiger partial charge in [0.25, 0.3) is 0 Å². The second kappa shape index (κ2) is 4.66. The average molecular weight is 224 g/mol. The number of thioether (sulfide) groups is 1. The molecule has 0 aliphatic carbocycles. The van der Waals surface area contributed by atoms with Gasteiger partial charge in [-0.15, -0.1) is 0 Å². The Morgan fingerprint density at radius 1 is 1.33 bits per heavy atom. The molecule has 0 aromatic heterocycles.